The Morgan fingerprint density at radius 2 is 1.82 bits per heavy atom. The lowest BCUT2D eigenvalue weighted by Crippen LogP contribution is -2.24. The predicted molar refractivity (Wildman–Crippen MR) is 45.8 cm³/mol. The van der Waals surface area contributed by atoms with E-state index in [4.69, 9.17) is 9.42 Å². The fraction of sp³-hybridized carbons (Fsp3) is 1.00. The molecule has 0 heterocycles. The molecule has 0 spiro atoms. The van der Waals surface area contributed by atoms with Crippen molar-refractivity contribution in [1.29, 1.82) is 0 Å². The zero-order chi connectivity index (χ0) is 9.28. The lowest BCUT2D eigenvalue weighted by Gasteiger charge is -2.27. The highest BCUT2D eigenvalue weighted by atomic mass is 31.2. The summed E-state index contributed by atoms with van der Waals surface area (Å²) in [6.07, 6.45) is -0.205. The van der Waals surface area contributed by atoms with Gasteiger partial charge in [0, 0.05) is 6.66 Å². The van der Waals surface area contributed by atoms with Crippen molar-refractivity contribution in [1.82, 2.24) is 0 Å². The van der Waals surface area contributed by atoms with E-state index >= 15 is 0 Å². The minimum atomic E-state index is -3.32. The van der Waals surface area contributed by atoms with Gasteiger partial charge in [0.1, 0.15) is 0 Å². The first kappa shape index (κ1) is 11.2. The van der Waals surface area contributed by atoms with Crippen LogP contribution in [0.25, 0.3) is 0 Å². The summed E-state index contributed by atoms with van der Waals surface area (Å²) in [6, 6.07) is 0. The minimum Gasteiger partial charge on any atom is -0.324 e. The Labute approximate surface area is 68.3 Å². The second-order valence-corrected chi connectivity index (χ2v) is 5.73. The fourth-order valence-corrected chi connectivity index (χ4v) is 1.35. The Balaban J connectivity index is 4.10. The fourth-order valence-electron chi connectivity index (χ4n) is 0.451. The number of hydrogen-bond acceptors (Lipinski definition) is 2. The molecule has 0 aromatic carbocycles. The molecule has 3 nitrogen and oxygen atoms in total. The molecule has 0 aliphatic rings. The van der Waals surface area contributed by atoms with Gasteiger partial charge < -0.3 is 9.42 Å². The molecule has 11 heavy (non-hydrogen) atoms. The average molecular weight is 180 g/mol. The van der Waals surface area contributed by atoms with Gasteiger partial charge in [-0.1, -0.05) is 20.8 Å². The van der Waals surface area contributed by atoms with Crippen LogP contribution in [0.1, 0.15) is 27.7 Å². The van der Waals surface area contributed by atoms with Crippen LogP contribution >= 0.6 is 7.60 Å². The van der Waals surface area contributed by atoms with Gasteiger partial charge in [-0.2, -0.15) is 0 Å². The van der Waals surface area contributed by atoms with E-state index in [9.17, 15) is 4.57 Å². The first-order valence-corrected chi connectivity index (χ1v) is 5.64. The highest BCUT2D eigenvalue weighted by molar-refractivity contribution is 7.51. The van der Waals surface area contributed by atoms with Crippen molar-refractivity contribution in [3.05, 3.63) is 0 Å². The molecule has 0 bridgehead atoms. The van der Waals surface area contributed by atoms with Crippen LogP contribution in [0.5, 0.6) is 0 Å². The SMILES string of the molecule is C[C@@H](OP(C)(=O)O)C(C)(C)C. The topological polar surface area (TPSA) is 46.5 Å². The summed E-state index contributed by atoms with van der Waals surface area (Å²) in [4.78, 5) is 8.88. The van der Waals surface area contributed by atoms with E-state index in [1.807, 2.05) is 20.8 Å². The van der Waals surface area contributed by atoms with Crippen LogP contribution in [0.3, 0.4) is 0 Å². The maximum atomic E-state index is 10.8. The van der Waals surface area contributed by atoms with Crippen LogP contribution in [0.4, 0.5) is 0 Å². The smallest absolute Gasteiger partial charge is 0.324 e. The van der Waals surface area contributed by atoms with Crippen molar-refractivity contribution in [3.63, 3.8) is 0 Å². The molecule has 2 atom stereocenters. The largest absolute Gasteiger partial charge is 0.325 e. The van der Waals surface area contributed by atoms with Crippen LogP contribution in [0.15, 0.2) is 0 Å². The monoisotopic (exact) mass is 180 g/mol. The Hall–Kier alpha value is 0.150. The Bertz CT molecular complexity index is 165. The third kappa shape index (κ3) is 5.42. The maximum absolute atomic E-state index is 10.8. The minimum absolute atomic E-state index is 0.0889. The van der Waals surface area contributed by atoms with Crippen molar-refractivity contribution < 1.29 is 14.0 Å². The molecule has 4 heteroatoms. The van der Waals surface area contributed by atoms with Crippen molar-refractivity contribution >= 4 is 7.60 Å². The third-order valence-electron chi connectivity index (χ3n) is 1.57. The molecule has 0 aromatic heterocycles. The van der Waals surface area contributed by atoms with Crippen LogP contribution in [0, 0.1) is 5.41 Å². The lowest BCUT2D eigenvalue weighted by atomic mass is 9.91. The van der Waals surface area contributed by atoms with Gasteiger partial charge in [0.2, 0.25) is 0 Å². The summed E-state index contributed by atoms with van der Waals surface area (Å²) in [7, 11) is -3.32. The van der Waals surface area contributed by atoms with Crippen LogP contribution in [-0.2, 0) is 9.09 Å². The molecule has 0 radical (unpaired) electrons. The van der Waals surface area contributed by atoms with E-state index in [-0.39, 0.29) is 11.5 Å². The van der Waals surface area contributed by atoms with Gasteiger partial charge in [-0.15, -0.1) is 0 Å². The molecule has 0 saturated heterocycles. The summed E-state index contributed by atoms with van der Waals surface area (Å²) >= 11 is 0. The standard InChI is InChI=1S/C7H17O3P/c1-6(7(2,3)4)10-11(5,8)9/h6H,1-5H3,(H,8,9)/t6-/m1/s1. The van der Waals surface area contributed by atoms with Gasteiger partial charge in [0.05, 0.1) is 6.10 Å². The molecule has 0 saturated carbocycles. The third-order valence-corrected chi connectivity index (χ3v) is 2.28. The quantitative estimate of drug-likeness (QED) is 0.663. The molecule has 0 aromatic rings. The number of rotatable bonds is 2. The summed E-state index contributed by atoms with van der Waals surface area (Å²) in [6.45, 7) is 8.90. The van der Waals surface area contributed by atoms with Crippen molar-refractivity contribution in [2.24, 2.45) is 5.41 Å². The molecule has 0 aliphatic carbocycles. The Morgan fingerprint density at radius 3 is 1.91 bits per heavy atom. The maximum Gasteiger partial charge on any atom is 0.325 e. The molecule has 0 aliphatic heterocycles. The normalized spacial score (nSPS) is 20.9. The van der Waals surface area contributed by atoms with E-state index in [0.717, 1.165) is 0 Å². The molecular formula is C7H17O3P. The van der Waals surface area contributed by atoms with Gasteiger partial charge in [-0.05, 0) is 12.3 Å². The molecule has 68 valence electrons. The molecule has 0 amide bonds. The summed E-state index contributed by atoms with van der Waals surface area (Å²) in [5, 5.41) is 0. The second kappa shape index (κ2) is 3.26. The van der Waals surface area contributed by atoms with E-state index in [1.165, 1.54) is 6.66 Å². The summed E-state index contributed by atoms with van der Waals surface area (Å²) < 4.78 is 15.7. The number of hydrogen-bond donors (Lipinski definition) is 1. The van der Waals surface area contributed by atoms with Gasteiger partial charge in [0.15, 0.2) is 0 Å². The second-order valence-electron chi connectivity index (χ2n) is 3.92. The van der Waals surface area contributed by atoms with E-state index < -0.39 is 7.60 Å². The highest BCUT2D eigenvalue weighted by Gasteiger charge is 2.26. The van der Waals surface area contributed by atoms with Crippen LogP contribution in [0.2, 0.25) is 0 Å². The van der Waals surface area contributed by atoms with E-state index in [0.29, 0.717) is 0 Å². The Kier molecular flexibility index (Phi) is 3.30. The van der Waals surface area contributed by atoms with Crippen molar-refractivity contribution in [2.45, 2.75) is 33.8 Å². The molecule has 1 unspecified atom stereocenters. The molecule has 0 rings (SSSR count). The molecule has 1 N–H and O–H groups in total. The Morgan fingerprint density at radius 1 is 1.45 bits per heavy atom. The zero-order valence-electron chi connectivity index (χ0n) is 7.79. The lowest BCUT2D eigenvalue weighted by molar-refractivity contribution is 0.0915. The van der Waals surface area contributed by atoms with Crippen LogP contribution < -0.4 is 0 Å². The van der Waals surface area contributed by atoms with Gasteiger partial charge in [-0.3, -0.25) is 4.57 Å². The van der Waals surface area contributed by atoms with Gasteiger partial charge >= 0.3 is 7.60 Å². The molecule has 0 fully saturated rings. The highest BCUT2D eigenvalue weighted by Crippen LogP contribution is 2.41. The predicted octanol–water partition coefficient (Wildman–Crippen LogP) is 2.25. The summed E-state index contributed by atoms with van der Waals surface area (Å²) in [5.41, 5.74) is -0.0889. The zero-order valence-corrected chi connectivity index (χ0v) is 8.68. The van der Waals surface area contributed by atoms with Gasteiger partial charge in [0.25, 0.3) is 0 Å². The first-order valence-electron chi connectivity index (χ1n) is 3.61. The van der Waals surface area contributed by atoms with E-state index in [2.05, 4.69) is 0 Å². The van der Waals surface area contributed by atoms with E-state index in [1.54, 1.807) is 6.92 Å². The van der Waals surface area contributed by atoms with Crippen molar-refractivity contribution in [3.8, 4) is 0 Å². The van der Waals surface area contributed by atoms with Crippen LogP contribution in [-0.4, -0.2) is 17.7 Å². The summed E-state index contributed by atoms with van der Waals surface area (Å²) in [5.74, 6) is 0. The van der Waals surface area contributed by atoms with Gasteiger partial charge in [-0.25, -0.2) is 0 Å². The molecular weight excluding hydrogens is 163 g/mol. The van der Waals surface area contributed by atoms with Crippen molar-refractivity contribution in [2.75, 3.05) is 6.66 Å². The average Bonchev–Trinajstić information content (AvgIpc) is 1.56. The first-order chi connectivity index (χ1) is 4.63.